The maximum atomic E-state index is 11.8. The number of hydrogen-bond donors (Lipinski definition) is 1. The van der Waals surface area contributed by atoms with E-state index in [9.17, 15) is 4.79 Å². The van der Waals surface area contributed by atoms with Gasteiger partial charge in [0.05, 0.1) is 6.21 Å². The quantitative estimate of drug-likeness (QED) is 0.681. The standard InChI is InChI=1S/C16H15ClN2O2/c1-12(21-14-8-3-2-4-9-14)16(20)19-18-11-13-7-5-6-10-15(13)17/h2-12H,1H3,(H,19,20)/t12-/m0/s1. The molecule has 1 N–H and O–H groups in total. The molecule has 0 saturated heterocycles. The Morgan fingerprint density at radius 1 is 1.19 bits per heavy atom. The van der Waals surface area contributed by atoms with Crippen molar-refractivity contribution in [3.63, 3.8) is 0 Å². The van der Waals surface area contributed by atoms with Crippen molar-refractivity contribution in [1.29, 1.82) is 0 Å². The van der Waals surface area contributed by atoms with Crippen LogP contribution in [0.4, 0.5) is 0 Å². The second-order valence-electron chi connectivity index (χ2n) is 4.33. The molecule has 0 spiro atoms. The highest BCUT2D eigenvalue weighted by molar-refractivity contribution is 6.33. The second kappa shape index (κ2) is 7.45. The maximum Gasteiger partial charge on any atom is 0.280 e. The topological polar surface area (TPSA) is 50.7 Å². The van der Waals surface area contributed by atoms with Crippen LogP contribution >= 0.6 is 11.6 Å². The smallest absolute Gasteiger partial charge is 0.280 e. The third kappa shape index (κ3) is 4.61. The zero-order valence-electron chi connectivity index (χ0n) is 11.5. The zero-order valence-corrected chi connectivity index (χ0v) is 12.2. The number of hydrazone groups is 1. The summed E-state index contributed by atoms with van der Waals surface area (Å²) < 4.78 is 5.49. The third-order valence-corrected chi connectivity index (χ3v) is 3.05. The summed E-state index contributed by atoms with van der Waals surface area (Å²) in [7, 11) is 0. The average Bonchev–Trinajstić information content (AvgIpc) is 2.50. The lowest BCUT2D eigenvalue weighted by atomic mass is 10.2. The average molecular weight is 303 g/mol. The van der Waals surface area contributed by atoms with Gasteiger partial charge >= 0.3 is 0 Å². The molecule has 21 heavy (non-hydrogen) atoms. The minimum atomic E-state index is -0.643. The van der Waals surface area contributed by atoms with Gasteiger partial charge in [-0.25, -0.2) is 5.43 Å². The first-order valence-corrected chi connectivity index (χ1v) is 6.84. The molecule has 1 amide bonds. The van der Waals surface area contributed by atoms with Gasteiger partial charge in [-0.1, -0.05) is 48.0 Å². The number of ether oxygens (including phenoxy) is 1. The molecule has 0 fully saturated rings. The van der Waals surface area contributed by atoms with Crippen LogP contribution < -0.4 is 10.2 Å². The largest absolute Gasteiger partial charge is 0.481 e. The van der Waals surface area contributed by atoms with Crippen LogP contribution in [0.25, 0.3) is 0 Å². The Hall–Kier alpha value is -2.33. The van der Waals surface area contributed by atoms with Gasteiger partial charge in [0, 0.05) is 10.6 Å². The maximum absolute atomic E-state index is 11.8. The fourth-order valence-electron chi connectivity index (χ4n) is 1.59. The van der Waals surface area contributed by atoms with E-state index in [0.717, 1.165) is 5.56 Å². The molecule has 1 atom stereocenters. The van der Waals surface area contributed by atoms with Crippen molar-refractivity contribution < 1.29 is 9.53 Å². The fourth-order valence-corrected chi connectivity index (χ4v) is 1.78. The minimum absolute atomic E-state index is 0.331. The number of hydrogen-bond acceptors (Lipinski definition) is 3. The van der Waals surface area contributed by atoms with Crippen molar-refractivity contribution in [3.8, 4) is 5.75 Å². The molecule has 0 aliphatic heterocycles. The summed E-state index contributed by atoms with van der Waals surface area (Å²) >= 11 is 5.98. The molecule has 2 rings (SSSR count). The molecule has 0 heterocycles. The number of carbonyl (C=O) groups is 1. The number of rotatable bonds is 5. The van der Waals surface area contributed by atoms with E-state index in [1.165, 1.54) is 6.21 Å². The monoisotopic (exact) mass is 302 g/mol. The number of nitrogens with one attached hydrogen (secondary N) is 1. The van der Waals surface area contributed by atoms with E-state index >= 15 is 0 Å². The Labute approximate surface area is 128 Å². The summed E-state index contributed by atoms with van der Waals surface area (Å²) in [5.74, 6) is 0.303. The molecule has 108 valence electrons. The summed E-state index contributed by atoms with van der Waals surface area (Å²) in [4.78, 5) is 11.8. The predicted molar refractivity (Wildman–Crippen MR) is 83.7 cm³/mol. The van der Waals surface area contributed by atoms with E-state index in [1.807, 2.05) is 36.4 Å². The van der Waals surface area contributed by atoms with Crippen LogP contribution in [-0.4, -0.2) is 18.2 Å². The summed E-state index contributed by atoms with van der Waals surface area (Å²) in [5, 5.41) is 4.45. The molecule has 0 unspecified atom stereocenters. The van der Waals surface area contributed by atoms with Gasteiger partial charge in [0.15, 0.2) is 6.10 Å². The number of para-hydroxylation sites is 1. The molecule has 2 aromatic rings. The van der Waals surface area contributed by atoms with E-state index in [-0.39, 0.29) is 5.91 Å². The van der Waals surface area contributed by atoms with E-state index in [2.05, 4.69) is 10.5 Å². The lowest BCUT2D eigenvalue weighted by molar-refractivity contribution is -0.127. The highest BCUT2D eigenvalue weighted by atomic mass is 35.5. The number of benzene rings is 2. The molecule has 4 nitrogen and oxygen atoms in total. The van der Waals surface area contributed by atoms with Crippen LogP contribution in [0.5, 0.6) is 5.75 Å². The molecule has 5 heteroatoms. The highest BCUT2D eigenvalue weighted by Gasteiger charge is 2.13. The van der Waals surface area contributed by atoms with E-state index < -0.39 is 6.10 Å². The molecule has 0 aliphatic carbocycles. The molecule has 0 bridgehead atoms. The van der Waals surface area contributed by atoms with Crippen LogP contribution in [0.3, 0.4) is 0 Å². The van der Waals surface area contributed by atoms with Crippen molar-refractivity contribution in [3.05, 3.63) is 65.2 Å². The number of amides is 1. The van der Waals surface area contributed by atoms with Crippen molar-refractivity contribution in [2.45, 2.75) is 13.0 Å². The van der Waals surface area contributed by atoms with Crippen LogP contribution in [-0.2, 0) is 4.79 Å². The Morgan fingerprint density at radius 2 is 1.86 bits per heavy atom. The Balaban J connectivity index is 1.88. The first kappa shape index (κ1) is 15.1. The van der Waals surface area contributed by atoms with Gasteiger partial charge in [-0.15, -0.1) is 0 Å². The molecule has 0 radical (unpaired) electrons. The summed E-state index contributed by atoms with van der Waals surface area (Å²) in [6.45, 7) is 1.66. The lowest BCUT2D eigenvalue weighted by Gasteiger charge is -2.12. The SMILES string of the molecule is C[C@H](Oc1ccccc1)C(=O)NN=Cc1ccccc1Cl. The van der Waals surface area contributed by atoms with Crippen molar-refractivity contribution >= 4 is 23.7 Å². The molecule has 2 aromatic carbocycles. The Bertz CT molecular complexity index is 629. The van der Waals surface area contributed by atoms with E-state index in [0.29, 0.717) is 10.8 Å². The normalized spacial score (nSPS) is 12.1. The summed E-state index contributed by atoms with van der Waals surface area (Å²) in [6, 6.07) is 16.4. The van der Waals surface area contributed by atoms with Gasteiger partial charge in [-0.3, -0.25) is 4.79 Å². The van der Waals surface area contributed by atoms with Gasteiger partial charge in [0.2, 0.25) is 0 Å². The number of halogens is 1. The van der Waals surface area contributed by atoms with E-state index in [1.54, 1.807) is 25.1 Å². The van der Waals surface area contributed by atoms with Crippen LogP contribution in [0.2, 0.25) is 5.02 Å². The van der Waals surface area contributed by atoms with Crippen molar-refractivity contribution in [1.82, 2.24) is 5.43 Å². The van der Waals surface area contributed by atoms with Crippen LogP contribution in [0, 0.1) is 0 Å². The molecular weight excluding hydrogens is 288 g/mol. The number of nitrogens with zero attached hydrogens (tertiary/aromatic N) is 1. The van der Waals surface area contributed by atoms with Gasteiger partial charge in [-0.2, -0.15) is 5.10 Å². The predicted octanol–water partition coefficient (Wildman–Crippen LogP) is 3.26. The molecule has 0 aromatic heterocycles. The first-order valence-electron chi connectivity index (χ1n) is 6.46. The Kier molecular flexibility index (Phi) is 5.35. The molecular formula is C16H15ClN2O2. The van der Waals surface area contributed by atoms with Gasteiger partial charge in [-0.05, 0) is 25.1 Å². The van der Waals surface area contributed by atoms with Crippen LogP contribution in [0.15, 0.2) is 59.7 Å². The second-order valence-corrected chi connectivity index (χ2v) is 4.74. The van der Waals surface area contributed by atoms with Gasteiger partial charge < -0.3 is 4.74 Å². The molecule has 0 saturated carbocycles. The van der Waals surface area contributed by atoms with Crippen molar-refractivity contribution in [2.75, 3.05) is 0 Å². The lowest BCUT2D eigenvalue weighted by Crippen LogP contribution is -2.33. The minimum Gasteiger partial charge on any atom is -0.481 e. The zero-order chi connectivity index (χ0) is 15.1. The van der Waals surface area contributed by atoms with Gasteiger partial charge in [0.25, 0.3) is 5.91 Å². The fraction of sp³-hybridized carbons (Fsp3) is 0.125. The third-order valence-electron chi connectivity index (χ3n) is 2.71. The highest BCUT2D eigenvalue weighted by Crippen LogP contribution is 2.12. The van der Waals surface area contributed by atoms with E-state index in [4.69, 9.17) is 16.3 Å². The number of carbonyl (C=O) groups excluding carboxylic acids is 1. The van der Waals surface area contributed by atoms with Gasteiger partial charge in [0.1, 0.15) is 5.75 Å². The Morgan fingerprint density at radius 3 is 2.57 bits per heavy atom. The van der Waals surface area contributed by atoms with Crippen LogP contribution in [0.1, 0.15) is 12.5 Å². The summed E-state index contributed by atoms with van der Waals surface area (Å²) in [6.07, 6.45) is 0.853. The molecule has 0 aliphatic rings. The first-order chi connectivity index (χ1) is 10.2. The van der Waals surface area contributed by atoms with Crippen molar-refractivity contribution in [2.24, 2.45) is 5.10 Å². The summed E-state index contributed by atoms with van der Waals surface area (Å²) in [5.41, 5.74) is 3.16.